The zero-order chi connectivity index (χ0) is 25.0. The van der Waals surface area contributed by atoms with Crippen molar-refractivity contribution in [3.05, 3.63) is 0 Å². The molecule has 0 aromatic heterocycles. The Morgan fingerprint density at radius 3 is 1.76 bits per heavy atom. The maximum Gasteiger partial charge on any atom is 0.472 e. The molecule has 33 heavy (non-hydrogen) atoms. The maximum atomic E-state index is 12.2. The molecule has 0 spiro atoms. The summed E-state index contributed by atoms with van der Waals surface area (Å²) >= 11 is 0. The van der Waals surface area contributed by atoms with Crippen LogP contribution in [0.1, 0.15) is 103 Å². The molecule has 1 amide bonds. The number of phosphoric ester groups is 1. The smallest absolute Gasteiger partial charge is 0.447 e. The summed E-state index contributed by atoms with van der Waals surface area (Å²) < 4.78 is 28.0. The quantitative estimate of drug-likeness (QED) is 0.0998. The number of phosphoric acid groups is 1. The fraction of sp³-hybridized carbons (Fsp3) is 0.958. The molecule has 0 aromatic rings. The molecule has 0 aliphatic rings. The molecule has 0 saturated carbocycles. The van der Waals surface area contributed by atoms with Gasteiger partial charge in [0.25, 0.3) is 0 Å². The lowest BCUT2D eigenvalue weighted by molar-refractivity contribution is -0.870. The van der Waals surface area contributed by atoms with E-state index in [-0.39, 0.29) is 13.2 Å². The molecule has 9 heteroatoms. The number of rotatable bonds is 23. The molecule has 198 valence electrons. The Labute approximate surface area is 202 Å². The van der Waals surface area contributed by atoms with Crippen LogP contribution in [-0.4, -0.2) is 62.5 Å². The molecule has 2 unspecified atom stereocenters. The highest BCUT2D eigenvalue weighted by Crippen LogP contribution is 2.45. The van der Waals surface area contributed by atoms with Gasteiger partial charge in [0.1, 0.15) is 25.9 Å². The van der Waals surface area contributed by atoms with E-state index in [1.807, 2.05) is 21.1 Å². The van der Waals surface area contributed by atoms with Gasteiger partial charge in [0.05, 0.1) is 21.1 Å². The maximum absolute atomic E-state index is 12.2. The molecule has 0 aromatic carbocycles. The zero-order valence-electron chi connectivity index (χ0n) is 21.8. The number of hydrogen-bond acceptors (Lipinski definition) is 5. The average molecular weight is 496 g/mol. The molecular formula is C24H52N2O6P+. The van der Waals surface area contributed by atoms with Crippen molar-refractivity contribution in [2.75, 3.05) is 40.9 Å². The summed E-state index contributed by atoms with van der Waals surface area (Å²) in [6.45, 7) is 2.76. The summed E-state index contributed by atoms with van der Waals surface area (Å²) in [7, 11) is 1.67. The SMILES string of the molecule is CCCCCCCCCCCCCCCCC(COC(N)=O)OP(=O)(O)OCC[N+](C)(C)C. The van der Waals surface area contributed by atoms with E-state index in [0.717, 1.165) is 19.3 Å². The molecule has 0 fully saturated rings. The molecule has 0 bridgehead atoms. The number of carbonyl (C=O) groups is 1. The van der Waals surface area contributed by atoms with Crippen molar-refractivity contribution in [1.29, 1.82) is 0 Å². The summed E-state index contributed by atoms with van der Waals surface area (Å²) in [6.07, 6.45) is 16.4. The third kappa shape index (κ3) is 24.3. The number of quaternary nitrogens is 1. The standard InChI is InChI=1S/C24H51N2O6P/c1-5-6-7-8-9-10-11-12-13-14-15-16-17-18-19-23(22-30-24(25)27)32-33(28,29)31-21-20-26(2,3)4/h23H,5-22H2,1-4H3,(H2-,25,27,28,29)/p+1. The lowest BCUT2D eigenvalue weighted by Gasteiger charge is -2.25. The van der Waals surface area contributed by atoms with Gasteiger partial charge >= 0.3 is 13.9 Å². The molecule has 0 radical (unpaired) electrons. The summed E-state index contributed by atoms with van der Waals surface area (Å²) in [5.74, 6) is 0. The normalized spacial score (nSPS) is 14.7. The van der Waals surface area contributed by atoms with Gasteiger partial charge in [-0.2, -0.15) is 0 Å². The highest BCUT2D eigenvalue weighted by Gasteiger charge is 2.28. The number of primary amides is 1. The van der Waals surface area contributed by atoms with Crippen LogP contribution >= 0.6 is 7.82 Å². The molecule has 3 N–H and O–H groups in total. The van der Waals surface area contributed by atoms with E-state index in [4.69, 9.17) is 19.5 Å². The van der Waals surface area contributed by atoms with Gasteiger partial charge in [0, 0.05) is 0 Å². The third-order valence-electron chi connectivity index (χ3n) is 5.59. The average Bonchev–Trinajstić information content (AvgIpc) is 2.70. The second kappa shape index (κ2) is 19.6. The second-order valence-corrected chi connectivity index (χ2v) is 11.5. The molecule has 0 rings (SSSR count). The summed E-state index contributed by atoms with van der Waals surface area (Å²) in [5.41, 5.74) is 5.03. The fourth-order valence-corrected chi connectivity index (χ4v) is 4.47. The summed E-state index contributed by atoms with van der Waals surface area (Å²) in [4.78, 5) is 20.9. The van der Waals surface area contributed by atoms with Gasteiger partial charge in [0.2, 0.25) is 0 Å². The number of likely N-dealkylation sites (N-methyl/N-ethyl adjacent to an activating group) is 1. The first-order valence-electron chi connectivity index (χ1n) is 12.9. The number of nitrogens with zero attached hydrogens (tertiary/aromatic N) is 1. The van der Waals surface area contributed by atoms with Crippen molar-refractivity contribution in [2.24, 2.45) is 5.73 Å². The third-order valence-corrected chi connectivity index (χ3v) is 6.66. The zero-order valence-corrected chi connectivity index (χ0v) is 22.7. The van der Waals surface area contributed by atoms with E-state index in [2.05, 4.69) is 6.92 Å². The Morgan fingerprint density at radius 1 is 0.879 bits per heavy atom. The lowest BCUT2D eigenvalue weighted by Crippen LogP contribution is -2.37. The Kier molecular flexibility index (Phi) is 19.2. The van der Waals surface area contributed by atoms with E-state index >= 15 is 0 Å². The van der Waals surface area contributed by atoms with Crippen molar-refractivity contribution >= 4 is 13.9 Å². The van der Waals surface area contributed by atoms with Crippen LogP contribution in [0.25, 0.3) is 0 Å². The predicted molar refractivity (Wildman–Crippen MR) is 134 cm³/mol. The first-order valence-corrected chi connectivity index (χ1v) is 14.4. The number of unbranched alkanes of at least 4 members (excludes halogenated alkanes) is 13. The molecule has 2 atom stereocenters. The molecule has 0 saturated heterocycles. The van der Waals surface area contributed by atoms with Crippen molar-refractivity contribution in [2.45, 2.75) is 109 Å². The molecule has 0 aliphatic carbocycles. The largest absolute Gasteiger partial charge is 0.472 e. The molecule has 8 nitrogen and oxygen atoms in total. The van der Waals surface area contributed by atoms with Crippen molar-refractivity contribution < 1.29 is 32.5 Å². The first kappa shape index (κ1) is 32.3. The Bertz CT molecular complexity index is 528. The van der Waals surface area contributed by atoms with E-state index in [9.17, 15) is 14.3 Å². The minimum absolute atomic E-state index is 0.0968. The van der Waals surface area contributed by atoms with E-state index in [1.54, 1.807) is 0 Å². The highest BCUT2D eigenvalue weighted by molar-refractivity contribution is 7.47. The number of amides is 1. The van der Waals surface area contributed by atoms with Crippen LogP contribution in [0.5, 0.6) is 0 Å². The van der Waals surface area contributed by atoms with Gasteiger partial charge in [-0.1, -0.05) is 96.8 Å². The van der Waals surface area contributed by atoms with Gasteiger partial charge in [0.15, 0.2) is 0 Å². The Balaban J connectivity index is 3.95. The van der Waals surface area contributed by atoms with E-state index in [0.29, 0.717) is 17.4 Å². The Hall–Kier alpha value is -0.660. The minimum atomic E-state index is -4.22. The second-order valence-electron chi connectivity index (χ2n) is 10.1. The summed E-state index contributed by atoms with van der Waals surface area (Å²) in [5, 5.41) is 0. The number of ether oxygens (including phenoxy) is 1. The van der Waals surface area contributed by atoms with Crippen LogP contribution in [0, 0.1) is 0 Å². The molecule has 0 heterocycles. The van der Waals surface area contributed by atoms with Crippen LogP contribution in [0.3, 0.4) is 0 Å². The van der Waals surface area contributed by atoms with Crippen LogP contribution < -0.4 is 5.73 Å². The molecule has 0 aliphatic heterocycles. The van der Waals surface area contributed by atoms with Gasteiger partial charge < -0.3 is 19.8 Å². The number of hydrogen-bond donors (Lipinski definition) is 2. The topological polar surface area (TPSA) is 108 Å². The minimum Gasteiger partial charge on any atom is -0.447 e. The molecular weight excluding hydrogens is 443 g/mol. The first-order chi connectivity index (χ1) is 15.6. The number of nitrogens with two attached hydrogens (primary N) is 1. The fourth-order valence-electron chi connectivity index (χ4n) is 3.56. The van der Waals surface area contributed by atoms with Crippen molar-refractivity contribution in [3.63, 3.8) is 0 Å². The van der Waals surface area contributed by atoms with Crippen LogP contribution in [-0.2, 0) is 18.3 Å². The summed E-state index contributed by atoms with van der Waals surface area (Å²) in [6, 6.07) is 0. The van der Waals surface area contributed by atoms with Gasteiger partial charge in [-0.05, 0) is 6.42 Å². The van der Waals surface area contributed by atoms with Crippen LogP contribution in [0.15, 0.2) is 0 Å². The van der Waals surface area contributed by atoms with Gasteiger partial charge in [-0.15, -0.1) is 0 Å². The van der Waals surface area contributed by atoms with Gasteiger partial charge in [-0.25, -0.2) is 9.36 Å². The monoisotopic (exact) mass is 495 g/mol. The number of carbonyl (C=O) groups excluding carboxylic acids is 1. The van der Waals surface area contributed by atoms with Crippen LogP contribution in [0.4, 0.5) is 4.79 Å². The van der Waals surface area contributed by atoms with Crippen molar-refractivity contribution in [1.82, 2.24) is 0 Å². The Morgan fingerprint density at radius 2 is 1.33 bits per heavy atom. The van der Waals surface area contributed by atoms with Crippen molar-refractivity contribution in [3.8, 4) is 0 Å². The lowest BCUT2D eigenvalue weighted by atomic mass is 10.0. The predicted octanol–water partition coefficient (Wildman–Crippen LogP) is 6.16. The van der Waals surface area contributed by atoms with E-state index in [1.165, 1.54) is 70.6 Å². The van der Waals surface area contributed by atoms with Gasteiger partial charge in [-0.3, -0.25) is 9.05 Å². The van der Waals surface area contributed by atoms with Crippen LogP contribution in [0.2, 0.25) is 0 Å². The highest BCUT2D eigenvalue weighted by atomic mass is 31.2. The van der Waals surface area contributed by atoms with E-state index < -0.39 is 20.0 Å².